The van der Waals surface area contributed by atoms with Crippen molar-refractivity contribution in [1.82, 2.24) is 0 Å². The maximum absolute atomic E-state index is 12.5. The highest BCUT2D eigenvalue weighted by molar-refractivity contribution is 6.02. The van der Waals surface area contributed by atoms with E-state index < -0.39 is 5.97 Å². The number of ether oxygens (including phenoxy) is 2. The van der Waals surface area contributed by atoms with Crippen LogP contribution in [0.2, 0.25) is 0 Å². The van der Waals surface area contributed by atoms with Crippen LogP contribution in [0.25, 0.3) is 0 Å². The number of Topliss-reactive ketones (excluding diaryl/α,β-unsaturated/α-hetero) is 1. The van der Waals surface area contributed by atoms with E-state index in [1.54, 1.807) is 12.1 Å². The zero-order valence-electron chi connectivity index (χ0n) is 14.5. The van der Waals surface area contributed by atoms with E-state index in [1.807, 2.05) is 0 Å². The van der Waals surface area contributed by atoms with Crippen LogP contribution in [-0.2, 0) is 11.2 Å². The Kier molecular flexibility index (Phi) is 6.64. The Morgan fingerprint density at radius 2 is 2.04 bits per heavy atom. The summed E-state index contributed by atoms with van der Waals surface area (Å²) in [6.45, 7) is 2.18. The third kappa shape index (κ3) is 4.73. The van der Waals surface area contributed by atoms with Crippen LogP contribution in [-0.4, -0.2) is 30.1 Å². The van der Waals surface area contributed by atoms with Gasteiger partial charge in [0.2, 0.25) is 0 Å². The van der Waals surface area contributed by atoms with Crippen LogP contribution >= 0.6 is 0 Å². The van der Waals surface area contributed by atoms with Gasteiger partial charge < -0.3 is 14.6 Å². The Morgan fingerprint density at radius 1 is 1.29 bits per heavy atom. The normalized spacial score (nSPS) is 16.4. The van der Waals surface area contributed by atoms with Gasteiger partial charge in [-0.3, -0.25) is 9.59 Å². The van der Waals surface area contributed by atoms with Crippen molar-refractivity contribution in [3.05, 3.63) is 23.3 Å². The Morgan fingerprint density at radius 3 is 2.71 bits per heavy atom. The van der Waals surface area contributed by atoms with Crippen LogP contribution in [0.15, 0.2) is 12.1 Å². The second-order valence-electron chi connectivity index (χ2n) is 6.30. The van der Waals surface area contributed by atoms with Crippen LogP contribution in [0.3, 0.4) is 0 Å². The van der Waals surface area contributed by atoms with Gasteiger partial charge in [0.25, 0.3) is 0 Å². The first-order valence-electron chi connectivity index (χ1n) is 8.67. The molecular weight excluding hydrogens is 308 g/mol. The maximum atomic E-state index is 12.5. The maximum Gasteiger partial charge on any atom is 0.307 e. The monoisotopic (exact) mass is 334 g/mol. The van der Waals surface area contributed by atoms with Crippen LogP contribution < -0.4 is 9.47 Å². The summed E-state index contributed by atoms with van der Waals surface area (Å²) in [6.07, 6.45) is 6.68. The van der Waals surface area contributed by atoms with Crippen LogP contribution in [0.5, 0.6) is 11.5 Å². The minimum atomic E-state index is -0.976. The van der Waals surface area contributed by atoms with Crippen LogP contribution in [0.1, 0.15) is 67.8 Å². The van der Waals surface area contributed by atoms with Gasteiger partial charge in [-0.25, -0.2) is 0 Å². The fourth-order valence-corrected chi connectivity index (χ4v) is 3.14. The van der Waals surface area contributed by atoms with Gasteiger partial charge in [0.1, 0.15) is 17.6 Å². The molecular formula is C19H26O5. The number of aliphatic carboxylic acids is 1. The van der Waals surface area contributed by atoms with Crippen molar-refractivity contribution in [3.8, 4) is 11.5 Å². The lowest BCUT2D eigenvalue weighted by molar-refractivity contribution is -0.136. The largest absolute Gasteiger partial charge is 0.497 e. The number of carboxylic acids is 1. The van der Waals surface area contributed by atoms with Crippen molar-refractivity contribution in [1.29, 1.82) is 0 Å². The quantitative estimate of drug-likeness (QED) is 0.691. The molecule has 1 aromatic rings. The first-order valence-corrected chi connectivity index (χ1v) is 8.67. The second-order valence-corrected chi connectivity index (χ2v) is 6.30. The molecule has 0 aromatic heterocycles. The minimum absolute atomic E-state index is 0.0336. The van der Waals surface area contributed by atoms with E-state index in [-0.39, 0.29) is 18.3 Å². The zero-order valence-corrected chi connectivity index (χ0v) is 14.5. The van der Waals surface area contributed by atoms with Crippen molar-refractivity contribution >= 4 is 11.8 Å². The molecule has 1 aliphatic heterocycles. The lowest BCUT2D eigenvalue weighted by Crippen LogP contribution is -2.28. The summed E-state index contributed by atoms with van der Waals surface area (Å²) >= 11 is 0. The van der Waals surface area contributed by atoms with E-state index >= 15 is 0 Å². The van der Waals surface area contributed by atoms with Crippen LogP contribution in [0.4, 0.5) is 0 Å². The molecule has 1 unspecified atom stereocenters. The molecule has 1 aliphatic rings. The van der Waals surface area contributed by atoms with Gasteiger partial charge in [-0.1, -0.05) is 32.6 Å². The standard InChI is InChI=1S/C19H26O5/c1-3-4-5-6-7-8-14-11-16(20)19-13(10-18(21)22)9-15(23-2)12-17(19)24-14/h9,12,14H,3-8,10-11H2,1-2H3,(H,21,22). The summed E-state index contributed by atoms with van der Waals surface area (Å²) in [5, 5.41) is 9.06. The minimum Gasteiger partial charge on any atom is -0.497 e. The average Bonchev–Trinajstić information content (AvgIpc) is 2.53. The SMILES string of the molecule is CCCCCCCC1CC(=O)c2c(CC(=O)O)cc(OC)cc2O1. The molecule has 5 heteroatoms. The van der Waals surface area contributed by atoms with Crippen LogP contribution in [0, 0.1) is 0 Å². The first kappa shape index (κ1) is 18.3. The molecule has 1 atom stereocenters. The van der Waals surface area contributed by atoms with Crippen molar-refractivity contribution in [3.63, 3.8) is 0 Å². The summed E-state index contributed by atoms with van der Waals surface area (Å²) in [7, 11) is 1.52. The molecule has 0 amide bonds. The predicted octanol–water partition coefficient (Wildman–Crippen LogP) is 4.02. The molecule has 0 bridgehead atoms. The smallest absolute Gasteiger partial charge is 0.307 e. The summed E-state index contributed by atoms with van der Waals surface area (Å²) < 4.78 is 11.2. The number of hydrogen-bond acceptors (Lipinski definition) is 4. The summed E-state index contributed by atoms with van der Waals surface area (Å²) in [4.78, 5) is 23.6. The molecule has 0 fully saturated rings. The Bertz CT molecular complexity index is 594. The number of methoxy groups -OCH3 is 1. The molecule has 132 valence electrons. The number of hydrogen-bond donors (Lipinski definition) is 1. The number of unbranched alkanes of at least 4 members (excludes halogenated alkanes) is 4. The highest BCUT2D eigenvalue weighted by atomic mass is 16.5. The molecule has 0 radical (unpaired) electrons. The molecule has 0 spiro atoms. The molecule has 0 aliphatic carbocycles. The van der Waals surface area contributed by atoms with Crippen molar-refractivity contribution in [2.75, 3.05) is 7.11 Å². The second kappa shape index (κ2) is 8.71. The molecule has 5 nitrogen and oxygen atoms in total. The van der Waals surface area contributed by atoms with Gasteiger partial charge in [-0.2, -0.15) is 0 Å². The van der Waals surface area contributed by atoms with Crippen molar-refractivity contribution in [2.45, 2.75) is 64.4 Å². The number of rotatable bonds is 9. The molecule has 0 saturated heterocycles. The summed E-state index contributed by atoms with van der Waals surface area (Å²) in [5.41, 5.74) is 0.865. The summed E-state index contributed by atoms with van der Waals surface area (Å²) in [5.74, 6) is -0.0354. The zero-order chi connectivity index (χ0) is 17.5. The number of benzene rings is 1. The van der Waals surface area contributed by atoms with Gasteiger partial charge >= 0.3 is 5.97 Å². The van der Waals surface area contributed by atoms with Gasteiger partial charge in [-0.15, -0.1) is 0 Å². The first-order chi connectivity index (χ1) is 11.5. The fraction of sp³-hybridized carbons (Fsp3) is 0.579. The highest BCUT2D eigenvalue weighted by Gasteiger charge is 2.29. The number of carbonyl (C=O) groups is 2. The number of ketones is 1. The number of carboxylic acid groups (broad SMARTS) is 1. The van der Waals surface area contributed by atoms with E-state index in [4.69, 9.17) is 14.6 Å². The van der Waals surface area contributed by atoms with E-state index in [1.165, 1.54) is 26.4 Å². The molecule has 1 N–H and O–H groups in total. The van der Waals surface area contributed by atoms with Crippen molar-refractivity contribution < 1.29 is 24.2 Å². The fourth-order valence-electron chi connectivity index (χ4n) is 3.14. The van der Waals surface area contributed by atoms with Crippen molar-refractivity contribution in [2.24, 2.45) is 0 Å². The Hall–Kier alpha value is -2.04. The van der Waals surface area contributed by atoms with Gasteiger partial charge in [-0.05, 0) is 24.5 Å². The van der Waals surface area contributed by atoms with Gasteiger partial charge in [0, 0.05) is 12.5 Å². The topological polar surface area (TPSA) is 72.8 Å². The Labute approximate surface area is 143 Å². The average molecular weight is 334 g/mol. The molecule has 1 heterocycles. The van der Waals surface area contributed by atoms with E-state index in [2.05, 4.69) is 6.92 Å². The molecule has 0 saturated carbocycles. The molecule has 1 aromatic carbocycles. The van der Waals surface area contributed by atoms with E-state index in [0.29, 0.717) is 29.0 Å². The third-order valence-electron chi connectivity index (χ3n) is 4.35. The lowest BCUT2D eigenvalue weighted by atomic mass is 9.92. The highest BCUT2D eigenvalue weighted by Crippen LogP contribution is 2.36. The lowest BCUT2D eigenvalue weighted by Gasteiger charge is -2.27. The van der Waals surface area contributed by atoms with Gasteiger partial charge in [0.15, 0.2) is 5.78 Å². The third-order valence-corrected chi connectivity index (χ3v) is 4.35. The predicted molar refractivity (Wildman–Crippen MR) is 91.1 cm³/mol. The molecule has 24 heavy (non-hydrogen) atoms. The Balaban J connectivity index is 2.11. The molecule has 2 rings (SSSR count). The summed E-state index contributed by atoms with van der Waals surface area (Å²) in [6, 6.07) is 3.29. The number of fused-ring (bicyclic) bond motifs is 1. The number of carbonyl (C=O) groups excluding carboxylic acids is 1. The van der Waals surface area contributed by atoms with E-state index in [0.717, 1.165) is 19.3 Å². The van der Waals surface area contributed by atoms with Gasteiger partial charge in [0.05, 0.1) is 19.1 Å². The van der Waals surface area contributed by atoms with E-state index in [9.17, 15) is 9.59 Å².